The molecule has 170 valence electrons. The van der Waals surface area contributed by atoms with Gasteiger partial charge >= 0.3 is 0 Å². The van der Waals surface area contributed by atoms with E-state index in [2.05, 4.69) is 35.4 Å². The number of nitrogens with zero attached hydrogens (tertiary/aromatic N) is 5. The Hall–Kier alpha value is -1.01. The Morgan fingerprint density at radius 1 is 1.23 bits per heavy atom. The Labute approximate surface area is 200 Å². The summed E-state index contributed by atoms with van der Waals surface area (Å²) in [5.41, 5.74) is 0. The van der Waals surface area contributed by atoms with Crippen LogP contribution in [0.4, 0.5) is 5.95 Å². The molecule has 30 heavy (non-hydrogen) atoms. The van der Waals surface area contributed by atoms with Gasteiger partial charge in [0.15, 0.2) is 5.96 Å². The number of aromatic nitrogens is 2. The number of hydrogen-bond donors (Lipinski definition) is 2. The molecule has 1 saturated carbocycles. The van der Waals surface area contributed by atoms with E-state index >= 15 is 0 Å². The number of aliphatic imine (C=N–C) groups is 1. The summed E-state index contributed by atoms with van der Waals surface area (Å²) in [6.07, 6.45) is 7.93. The molecule has 1 aromatic rings. The first kappa shape index (κ1) is 25.3. The van der Waals surface area contributed by atoms with Gasteiger partial charge in [0.05, 0.1) is 0 Å². The third-order valence-electron chi connectivity index (χ3n) is 5.77. The summed E-state index contributed by atoms with van der Waals surface area (Å²) in [6.45, 7) is 7.79. The molecule has 3 unspecified atom stereocenters. The van der Waals surface area contributed by atoms with E-state index in [4.69, 9.17) is 0 Å². The van der Waals surface area contributed by atoms with Gasteiger partial charge in [-0.15, -0.1) is 24.0 Å². The standard InChI is InChI=1S/C20H35N7OS.HI/c1-3-29(28)18-7-4-6-17(16-18)25-19(21-2)22-10-11-26-12-14-27(15-13-26)20-23-8-5-9-24-20;/h5,8-9,17-18H,3-4,6-7,10-16H2,1-2H3,(H2,21,22,25);1H. The first-order chi connectivity index (χ1) is 14.2. The fraction of sp³-hybridized carbons (Fsp3) is 0.750. The average molecular weight is 550 g/mol. The van der Waals surface area contributed by atoms with Crippen molar-refractivity contribution in [2.75, 3.05) is 57.0 Å². The Bertz CT molecular complexity index is 670. The number of halogens is 1. The van der Waals surface area contributed by atoms with Crippen molar-refractivity contribution in [3.63, 3.8) is 0 Å². The molecule has 8 nitrogen and oxygen atoms in total. The maximum atomic E-state index is 12.1. The number of piperazine rings is 1. The fourth-order valence-corrected chi connectivity index (χ4v) is 5.44. The highest BCUT2D eigenvalue weighted by atomic mass is 127. The van der Waals surface area contributed by atoms with Crippen molar-refractivity contribution in [2.45, 2.75) is 43.9 Å². The lowest BCUT2D eigenvalue weighted by Crippen LogP contribution is -2.51. The van der Waals surface area contributed by atoms with E-state index in [1.54, 1.807) is 12.4 Å². The van der Waals surface area contributed by atoms with Crippen molar-refractivity contribution >= 4 is 46.7 Å². The summed E-state index contributed by atoms with van der Waals surface area (Å²) in [5.74, 6) is 2.44. The molecule has 0 bridgehead atoms. The Kier molecular flexibility index (Phi) is 11.3. The molecule has 3 atom stereocenters. The van der Waals surface area contributed by atoms with Crippen LogP contribution >= 0.6 is 24.0 Å². The molecular formula is C20H36IN7OS. The third-order valence-corrected chi connectivity index (χ3v) is 7.52. The van der Waals surface area contributed by atoms with E-state index in [0.29, 0.717) is 11.3 Å². The molecule has 2 N–H and O–H groups in total. The third kappa shape index (κ3) is 7.60. The molecule has 2 heterocycles. The number of hydrogen-bond acceptors (Lipinski definition) is 6. The lowest BCUT2D eigenvalue weighted by Gasteiger charge is -2.35. The molecule has 0 aromatic carbocycles. The Balaban J connectivity index is 0.00000320. The van der Waals surface area contributed by atoms with Gasteiger partial charge in [0.1, 0.15) is 0 Å². The molecule has 1 aromatic heterocycles. The van der Waals surface area contributed by atoms with Gasteiger partial charge in [-0.1, -0.05) is 13.3 Å². The Morgan fingerprint density at radius 2 is 1.97 bits per heavy atom. The van der Waals surface area contributed by atoms with E-state index in [9.17, 15) is 4.21 Å². The number of rotatable bonds is 7. The number of guanidine groups is 1. The van der Waals surface area contributed by atoms with Gasteiger partial charge in [0.2, 0.25) is 5.95 Å². The minimum absolute atomic E-state index is 0. The van der Waals surface area contributed by atoms with Crippen molar-refractivity contribution in [3.05, 3.63) is 18.5 Å². The molecule has 1 aliphatic heterocycles. The SMILES string of the molecule is CCS(=O)C1CCCC(NC(=NC)NCCN2CCN(c3ncccn3)CC2)C1.I. The van der Waals surface area contributed by atoms with E-state index in [1.165, 1.54) is 0 Å². The molecule has 0 radical (unpaired) electrons. The van der Waals surface area contributed by atoms with Crippen molar-refractivity contribution in [1.29, 1.82) is 0 Å². The van der Waals surface area contributed by atoms with Gasteiger partial charge in [0.25, 0.3) is 0 Å². The normalized spacial score (nSPS) is 24.1. The molecule has 1 saturated heterocycles. The van der Waals surface area contributed by atoms with Crippen LogP contribution in [0.5, 0.6) is 0 Å². The summed E-state index contributed by atoms with van der Waals surface area (Å²) < 4.78 is 12.1. The molecule has 2 fully saturated rings. The van der Waals surface area contributed by atoms with Crippen molar-refractivity contribution < 1.29 is 4.21 Å². The Morgan fingerprint density at radius 3 is 2.63 bits per heavy atom. The summed E-state index contributed by atoms with van der Waals surface area (Å²) >= 11 is 0. The van der Waals surface area contributed by atoms with Gasteiger partial charge in [-0.2, -0.15) is 0 Å². The van der Waals surface area contributed by atoms with Gasteiger partial charge < -0.3 is 15.5 Å². The van der Waals surface area contributed by atoms with E-state index in [1.807, 2.05) is 20.0 Å². The van der Waals surface area contributed by atoms with Gasteiger partial charge in [-0.3, -0.25) is 14.1 Å². The van der Waals surface area contributed by atoms with Crippen molar-refractivity contribution in [2.24, 2.45) is 4.99 Å². The van der Waals surface area contributed by atoms with Gasteiger partial charge in [-0.05, 0) is 25.3 Å². The van der Waals surface area contributed by atoms with Gasteiger partial charge in [0, 0.05) is 86.6 Å². The van der Waals surface area contributed by atoms with E-state index in [-0.39, 0.29) is 24.0 Å². The summed E-state index contributed by atoms with van der Waals surface area (Å²) in [5, 5.41) is 7.32. The minimum atomic E-state index is -0.696. The van der Waals surface area contributed by atoms with Crippen LogP contribution in [0.1, 0.15) is 32.6 Å². The molecule has 0 spiro atoms. The van der Waals surface area contributed by atoms with Crippen LogP contribution < -0.4 is 15.5 Å². The zero-order chi connectivity index (χ0) is 20.5. The molecule has 1 aliphatic carbocycles. The van der Waals surface area contributed by atoms with Gasteiger partial charge in [-0.25, -0.2) is 9.97 Å². The van der Waals surface area contributed by atoms with E-state index < -0.39 is 10.8 Å². The van der Waals surface area contributed by atoms with Crippen LogP contribution in [-0.4, -0.2) is 88.4 Å². The quantitative estimate of drug-likeness (QED) is 0.303. The topological polar surface area (TPSA) is 85.8 Å². The highest BCUT2D eigenvalue weighted by Crippen LogP contribution is 2.22. The summed E-state index contributed by atoms with van der Waals surface area (Å²) in [4.78, 5) is 17.8. The minimum Gasteiger partial charge on any atom is -0.355 e. The fourth-order valence-electron chi connectivity index (χ4n) is 4.10. The van der Waals surface area contributed by atoms with Crippen molar-refractivity contribution in [3.8, 4) is 0 Å². The number of nitrogens with one attached hydrogen (secondary N) is 2. The smallest absolute Gasteiger partial charge is 0.225 e. The molecular weight excluding hydrogens is 513 g/mol. The lowest BCUT2D eigenvalue weighted by molar-refractivity contribution is 0.260. The van der Waals surface area contributed by atoms with Crippen LogP contribution in [0.3, 0.4) is 0 Å². The van der Waals surface area contributed by atoms with Crippen LogP contribution in [0.15, 0.2) is 23.5 Å². The first-order valence-electron chi connectivity index (χ1n) is 10.8. The largest absolute Gasteiger partial charge is 0.355 e. The maximum Gasteiger partial charge on any atom is 0.225 e. The van der Waals surface area contributed by atoms with Crippen molar-refractivity contribution in [1.82, 2.24) is 25.5 Å². The summed E-state index contributed by atoms with van der Waals surface area (Å²) in [6, 6.07) is 2.22. The zero-order valence-corrected chi connectivity index (χ0v) is 21.3. The van der Waals surface area contributed by atoms with Crippen LogP contribution in [0.2, 0.25) is 0 Å². The highest BCUT2D eigenvalue weighted by Gasteiger charge is 2.26. The maximum absolute atomic E-state index is 12.1. The van der Waals surface area contributed by atoms with Crippen LogP contribution in [0, 0.1) is 0 Å². The molecule has 10 heteroatoms. The second-order valence-electron chi connectivity index (χ2n) is 7.68. The zero-order valence-electron chi connectivity index (χ0n) is 18.1. The first-order valence-corrected chi connectivity index (χ1v) is 12.2. The second kappa shape index (κ2) is 13.4. The summed E-state index contributed by atoms with van der Waals surface area (Å²) in [7, 11) is 1.12. The predicted molar refractivity (Wildman–Crippen MR) is 135 cm³/mol. The second-order valence-corrected chi connectivity index (χ2v) is 9.68. The van der Waals surface area contributed by atoms with Crippen LogP contribution in [0.25, 0.3) is 0 Å². The molecule has 0 amide bonds. The molecule has 2 aliphatic rings. The average Bonchev–Trinajstić information content (AvgIpc) is 2.79. The monoisotopic (exact) mass is 549 g/mol. The predicted octanol–water partition coefficient (Wildman–Crippen LogP) is 1.46. The van der Waals surface area contributed by atoms with E-state index in [0.717, 1.165) is 82.6 Å². The lowest BCUT2D eigenvalue weighted by atomic mass is 9.95. The molecule has 3 rings (SSSR count). The highest BCUT2D eigenvalue weighted by molar-refractivity contribution is 14.0. The van der Waals surface area contributed by atoms with Crippen LogP contribution in [-0.2, 0) is 10.8 Å². The number of anilines is 1.